The molecule has 2 aromatic rings. The predicted molar refractivity (Wildman–Crippen MR) is 122 cm³/mol. The number of amides is 1. The first-order valence-corrected chi connectivity index (χ1v) is 11.1. The van der Waals surface area contributed by atoms with Crippen LogP contribution >= 0.6 is 0 Å². The lowest BCUT2D eigenvalue weighted by Gasteiger charge is -2.19. The lowest BCUT2D eigenvalue weighted by Crippen LogP contribution is -2.25. The zero-order chi connectivity index (χ0) is 21.2. The third-order valence-corrected chi connectivity index (χ3v) is 5.51. The van der Waals surface area contributed by atoms with Crippen LogP contribution in [0, 0.1) is 0 Å². The van der Waals surface area contributed by atoms with Gasteiger partial charge in [-0.2, -0.15) is 0 Å². The number of likely N-dealkylation sites (tertiary alicyclic amines) is 1. The third-order valence-electron chi connectivity index (χ3n) is 5.51. The second-order valence-corrected chi connectivity index (χ2v) is 8.34. The van der Waals surface area contributed by atoms with Gasteiger partial charge < -0.3 is 15.0 Å². The van der Waals surface area contributed by atoms with Gasteiger partial charge in [-0.25, -0.2) is 0 Å². The van der Waals surface area contributed by atoms with Gasteiger partial charge in [0.05, 0.1) is 5.56 Å². The molecule has 0 spiro atoms. The smallest absolute Gasteiger partial charge is 0.255 e. The van der Waals surface area contributed by atoms with E-state index in [9.17, 15) is 4.79 Å². The number of hydrogen-bond acceptors (Lipinski definition) is 4. The lowest BCUT2D eigenvalue weighted by atomic mass is 10.1. The fraction of sp³-hybridized carbons (Fsp3) is 0.480. The van der Waals surface area contributed by atoms with Gasteiger partial charge in [0.15, 0.2) is 0 Å². The van der Waals surface area contributed by atoms with Crippen LogP contribution < -0.4 is 10.1 Å². The molecule has 0 unspecified atom stereocenters. The first-order chi connectivity index (χ1) is 14.6. The summed E-state index contributed by atoms with van der Waals surface area (Å²) in [5.41, 5.74) is 3.02. The van der Waals surface area contributed by atoms with Crippen molar-refractivity contribution in [2.24, 2.45) is 0 Å². The van der Waals surface area contributed by atoms with E-state index in [2.05, 4.69) is 39.4 Å². The van der Waals surface area contributed by atoms with Crippen LogP contribution in [-0.4, -0.2) is 56.0 Å². The largest absolute Gasteiger partial charge is 0.491 e. The summed E-state index contributed by atoms with van der Waals surface area (Å²) in [7, 11) is 4.00. The van der Waals surface area contributed by atoms with Crippen LogP contribution in [0.4, 0.5) is 0 Å². The van der Waals surface area contributed by atoms with Gasteiger partial charge in [0.1, 0.15) is 12.4 Å². The number of ether oxygens (including phenoxy) is 1. The number of para-hydroxylation sites is 1. The number of benzene rings is 2. The first-order valence-electron chi connectivity index (χ1n) is 11.1. The molecule has 0 radical (unpaired) electrons. The minimum atomic E-state index is -0.107. The summed E-state index contributed by atoms with van der Waals surface area (Å²) in [4.78, 5) is 17.3. The van der Waals surface area contributed by atoms with E-state index < -0.39 is 0 Å². The molecule has 1 heterocycles. The van der Waals surface area contributed by atoms with Crippen molar-refractivity contribution in [3.05, 3.63) is 65.2 Å². The number of rotatable bonds is 9. The number of carbonyl (C=O) groups is 1. The Balaban J connectivity index is 1.51. The molecule has 0 aliphatic carbocycles. The molecule has 1 amide bonds. The summed E-state index contributed by atoms with van der Waals surface area (Å²) in [6.07, 6.45) is 5.34. The third kappa shape index (κ3) is 7.15. The molecule has 3 rings (SSSR count). The highest BCUT2D eigenvalue weighted by Crippen LogP contribution is 2.18. The van der Waals surface area contributed by atoms with E-state index in [1.54, 1.807) is 0 Å². The molecule has 30 heavy (non-hydrogen) atoms. The Morgan fingerprint density at radius 3 is 2.33 bits per heavy atom. The zero-order valence-corrected chi connectivity index (χ0v) is 18.4. The predicted octanol–water partition coefficient (Wildman–Crippen LogP) is 3.93. The number of nitrogens with one attached hydrogen (secondary N) is 1. The summed E-state index contributed by atoms with van der Waals surface area (Å²) < 4.78 is 5.81. The zero-order valence-electron chi connectivity index (χ0n) is 18.4. The summed E-state index contributed by atoms with van der Waals surface area (Å²) >= 11 is 0. The summed E-state index contributed by atoms with van der Waals surface area (Å²) in [5.74, 6) is 0.522. The van der Waals surface area contributed by atoms with E-state index in [0.717, 1.165) is 18.7 Å². The van der Waals surface area contributed by atoms with Crippen LogP contribution in [-0.2, 0) is 13.1 Å². The molecule has 5 nitrogen and oxygen atoms in total. The second-order valence-electron chi connectivity index (χ2n) is 8.34. The first kappa shape index (κ1) is 22.3. The van der Waals surface area contributed by atoms with Crippen LogP contribution in [0.5, 0.6) is 5.75 Å². The minimum Gasteiger partial charge on any atom is -0.491 e. The highest BCUT2D eigenvalue weighted by Gasteiger charge is 2.12. The standard InChI is InChI=1S/C25H35N3O2/c1-27(2)17-18-30-24-10-6-5-9-23(24)25(29)26-19-21-11-13-22(14-12-21)20-28-15-7-3-4-8-16-28/h5-6,9-14H,3-4,7-8,15-20H2,1-2H3,(H,26,29). The van der Waals surface area contributed by atoms with Gasteiger partial charge in [-0.05, 0) is 63.3 Å². The number of likely N-dealkylation sites (N-methyl/N-ethyl adjacent to an activating group) is 1. The Morgan fingerprint density at radius 1 is 0.967 bits per heavy atom. The van der Waals surface area contributed by atoms with Gasteiger partial charge in [-0.1, -0.05) is 49.2 Å². The van der Waals surface area contributed by atoms with Crippen LogP contribution in [0.2, 0.25) is 0 Å². The molecular weight excluding hydrogens is 374 g/mol. The quantitative estimate of drug-likeness (QED) is 0.682. The van der Waals surface area contributed by atoms with E-state index in [1.807, 2.05) is 38.4 Å². The number of hydrogen-bond donors (Lipinski definition) is 1. The van der Waals surface area contributed by atoms with Crippen LogP contribution in [0.15, 0.2) is 48.5 Å². The molecule has 1 aliphatic rings. The maximum atomic E-state index is 12.7. The summed E-state index contributed by atoms with van der Waals surface area (Å²) in [6.45, 7) is 5.29. The van der Waals surface area contributed by atoms with Crippen LogP contribution in [0.25, 0.3) is 0 Å². The number of carbonyl (C=O) groups excluding carboxylic acids is 1. The van der Waals surface area contributed by atoms with Crippen LogP contribution in [0.1, 0.15) is 47.2 Å². The normalized spacial score (nSPS) is 15.0. The molecule has 0 atom stereocenters. The van der Waals surface area contributed by atoms with Gasteiger partial charge >= 0.3 is 0 Å². The van der Waals surface area contributed by atoms with Crippen molar-refractivity contribution in [1.29, 1.82) is 0 Å². The van der Waals surface area contributed by atoms with E-state index in [-0.39, 0.29) is 5.91 Å². The van der Waals surface area contributed by atoms with Crippen LogP contribution in [0.3, 0.4) is 0 Å². The monoisotopic (exact) mass is 409 g/mol. The maximum absolute atomic E-state index is 12.7. The fourth-order valence-corrected chi connectivity index (χ4v) is 3.71. The van der Waals surface area contributed by atoms with Gasteiger partial charge in [-0.15, -0.1) is 0 Å². The van der Waals surface area contributed by atoms with Gasteiger partial charge in [0.2, 0.25) is 0 Å². The highest BCUT2D eigenvalue weighted by atomic mass is 16.5. The second kappa shape index (κ2) is 11.7. The minimum absolute atomic E-state index is 0.107. The Bertz CT molecular complexity index is 781. The van der Waals surface area contributed by atoms with Crippen molar-refractivity contribution in [3.8, 4) is 5.75 Å². The lowest BCUT2D eigenvalue weighted by molar-refractivity contribution is 0.0946. The van der Waals surface area contributed by atoms with Gasteiger partial charge in [-0.3, -0.25) is 9.69 Å². The Morgan fingerprint density at radius 2 is 1.63 bits per heavy atom. The summed E-state index contributed by atoms with van der Waals surface area (Å²) in [5, 5.41) is 3.02. The molecule has 162 valence electrons. The Hall–Kier alpha value is -2.37. The molecule has 1 saturated heterocycles. The number of nitrogens with zero attached hydrogens (tertiary/aromatic N) is 2. The molecule has 1 N–H and O–H groups in total. The molecule has 0 saturated carbocycles. The van der Waals surface area contributed by atoms with Crippen molar-refractivity contribution in [2.45, 2.75) is 38.8 Å². The summed E-state index contributed by atoms with van der Waals surface area (Å²) in [6, 6.07) is 16.0. The fourth-order valence-electron chi connectivity index (χ4n) is 3.71. The van der Waals surface area contributed by atoms with E-state index in [0.29, 0.717) is 24.5 Å². The van der Waals surface area contributed by atoms with E-state index >= 15 is 0 Å². The molecule has 5 heteroatoms. The molecule has 0 aromatic heterocycles. The molecule has 0 bridgehead atoms. The highest BCUT2D eigenvalue weighted by molar-refractivity contribution is 5.96. The van der Waals surface area contributed by atoms with Crippen molar-refractivity contribution >= 4 is 5.91 Å². The van der Waals surface area contributed by atoms with Crippen molar-refractivity contribution in [3.63, 3.8) is 0 Å². The Labute approximate surface area is 181 Å². The van der Waals surface area contributed by atoms with E-state index in [4.69, 9.17) is 4.74 Å². The van der Waals surface area contributed by atoms with Gasteiger partial charge in [0, 0.05) is 19.6 Å². The topological polar surface area (TPSA) is 44.8 Å². The van der Waals surface area contributed by atoms with Gasteiger partial charge in [0.25, 0.3) is 5.91 Å². The molecule has 1 aliphatic heterocycles. The molecule has 2 aromatic carbocycles. The SMILES string of the molecule is CN(C)CCOc1ccccc1C(=O)NCc1ccc(CN2CCCCCC2)cc1. The van der Waals surface area contributed by atoms with Crippen molar-refractivity contribution in [2.75, 3.05) is 40.3 Å². The average molecular weight is 410 g/mol. The Kier molecular flexibility index (Phi) is 8.72. The average Bonchev–Trinajstić information content (AvgIpc) is 3.02. The molecular formula is C25H35N3O2. The molecule has 1 fully saturated rings. The van der Waals surface area contributed by atoms with Crippen molar-refractivity contribution in [1.82, 2.24) is 15.1 Å². The van der Waals surface area contributed by atoms with Crippen molar-refractivity contribution < 1.29 is 9.53 Å². The maximum Gasteiger partial charge on any atom is 0.255 e. The van der Waals surface area contributed by atoms with E-state index in [1.165, 1.54) is 44.3 Å².